The largest absolute Gasteiger partial charge is 0.306 e. The Morgan fingerprint density at radius 2 is 2.16 bits per heavy atom. The highest BCUT2D eigenvalue weighted by Crippen LogP contribution is 2.32. The Hall–Kier alpha value is -0.420. The second-order valence-corrected chi connectivity index (χ2v) is 6.80. The van der Waals surface area contributed by atoms with Gasteiger partial charge in [-0.25, -0.2) is 4.39 Å². The topological polar surface area (TPSA) is 12.0 Å². The molecule has 0 spiro atoms. The fourth-order valence-electron chi connectivity index (χ4n) is 1.85. The van der Waals surface area contributed by atoms with Crippen LogP contribution in [0.15, 0.2) is 34.8 Å². The molecular formula is C14H14BrClFNS. The molecule has 1 heterocycles. The van der Waals surface area contributed by atoms with E-state index in [0.717, 1.165) is 27.7 Å². The second kappa shape index (κ2) is 6.84. The van der Waals surface area contributed by atoms with Crippen LogP contribution in [0.3, 0.4) is 0 Å². The molecule has 1 N–H and O–H groups in total. The molecule has 0 aliphatic heterocycles. The molecular weight excluding hydrogens is 349 g/mol. The van der Waals surface area contributed by atoms with Gasteiger partial charge in [-0.3, -0.25) is 0 Å². The molecule has 0 amide bonds. The summed E-state index contributed by atoms with van der Waals surface area (Å²) < 4.78 is 14.6. The molecule has 0 aliphatic rings. The highest BCUT2D eigenvalue weighted by molar-refractivity contribution is 9.10. The van der Waals surface area contributed by atoms with E-state index in [9.17, 15) is 4.39 Å². The zero-order valence-electron chi connectivity index (χ0n) is 10.4. The minimum absolute atomic E-state index is 0.0503. The van der Waals surface area contributed by atoms with E-state index < -0.39 is 0 Å². The first kappa shape index (κ1) is 15.0. The summed E-state index contributed by atoms with van der Waals surface area (Å²) in [5.74, 6) is -0.248. The molecule has 2 aromatic rings. The molecule has 0 fully saturated rings. The van der Waals surface area contributed by atoms with Crippen molar-refractivity contribution in [1.82, 2.24) is 5.32 Å². The zero-order chi connectivity index (χ0) is 13.8. The number of nitrogens with one attached hydrogen (secondary N) is 1. The molecule has 5 heteroatoms. The van der Waals surface area contributed by atoms with Gasteiger partial charge in [-0.15, -0.1) is 11.3 Å². The van der Waals surface area contributed by atoms with E-state index in [2.05, 4.69) is 28.2 Å². The molecule has 0 saturated heterocycles. The van der Waals surface area contributed by atoms with Gasteiger partial charge in [0.1, 0.15) is 5.82 Å². The maximum absolute atomic E-state index is 13.3. The van der Waals surface area contributed by atoms with Gasteiger partial charge in [0.05, 0.1) is 14.9 Å². The quantitative estimate of drug-likeness (QED) is 0.751. The van der Waals surface area contributed by atoms with Gasteiger partial charge in [0.15, 0.2) is 0 Å². The van der Waals surface area contributed by atoms with Gasteiger partial charge >= 0.3 is 0 Å². The van der Waals surface area contributed by atoms with E-state index >= 15 is 0 Å². The molecule has 0 aliphatic carbocycles. The third-order valence-corrected chi connectivity index (χ3v) is 4.66. The predicted octanol–water partition coefficient (Wildman–Crippen LogP) is 5.39. The average Bonchev–Trinajstić information content (AvgIpc) is 2.80. The summed E-state index contributed by atoms with van der Waals surface area (Å²) in [6, 6.07) is 9.06. The van der Waals surface area contributed by atoms with Crippen LogP contribution in [0.4, 0.5) is 4.39 Å². The summed E-state index contributed by atoms with van der Waals surface area (Å²) in [5.41, 5.74) is 1.03. The SMILES string of the molecule is CCCNC(c1ccc(F)c(Br)c1)c1ccc(Cl)s1. The summed E-state index contributed by atoms with van der Waals surface area (Å²) >= 11 is 10.8. The van der Waals surface area contributed by atoms with Gasteiger partial charge in [0, 0.05) is 4.88 Å². The number of thiophene rings is 1. The summed E-state index contributed by atoms with van der Waals surface area (Å²) in [5, 5.41) is 3.47. The lowest BCUT2D eigenvalue weighted by Crippen LogP contribution is -2.22. The van der Waals surface area contributed by atoms with Crippen LogP contribution in [-0.4, -0.2) is 6.54 Å². The minimum atomic E-state index is -0.248. The third kappa shape index (κ3) is 3.78. The van der Waals surface area contributed by atoms with Gasteiger partial charge in [0.2, 0.25) is 0 Å². The Kier molecular flexibility index (Phi) is 5.39. The van der Waals surface area contributed by atoms with Crippen LogP contribution < -0.4 is 5.32 Å². The Balaban J connectivity index is 2.33. The van der Waals surface area contributed by atoms with Gasteiger partial charge in [-0.05, 0) is 58.7 Å². The van der Waals surface area contributed by atoms with E-state index in [1.54, 1.807) is 17.4 Å². The first-order valence-corrected chi connectivity index (χ1v) is 8.04. The van der Waals surface area contributed by atoms with E-state index in [1.807, 2.05) is 18.2 Å². The molecule has 2 rings (SSSR count). The third-order valence-electron chi connectivity index (χ3n) is 2.75. The lowest BCUT2D eigenvalue weighted by molar-refractivity contribution is 0.596. The number of halogens is 3. The van der Waals surface area contributed by atoms with Crippen LogP contribution in [0.2, 0.25) is 4.34 Å². The summed E-state index contributed by atoms with van der Waals surface area (Å²) in [7, 11) is 0. The van der Waals surface area contributed by atoms with Crippen molar-refractivity contribution in [2.24, 2.45) is 0 Å². The zero-order valence-corrected chi connectivity index (χ0v) is 13.6. The van der Waals surface area contributed by atoms with Crippen molar-refractivity contribution in [2.75, 3.05) is 6.54 Å². The smallest absolute Gasteiger partial charge is 0.137 e. The van der Waals surface area contributed by atoms with Gasteiger partial charge in [-0.2, -0.15) is 0 Å². The van der Waals surface area contributed by atoms with Crippen molar-refractivity contribution in [3.8, 4) is 0 Å². The molecule has 0 radical (unpaired) electrons. The fraction of sp³-hybridized carbons (Fsp3) is 0.286. The second-order valence-electron chi connectivity index (χ2n) is 4.20. The van der Waals surface area contributed by atoms with Crippen molar-refractivity contribution in [2.45, 2.75) is 19.4 Å². The molecule has 19 heavy (non-hydrogen) atoms. The molecule has 1 nitrogen and oxygen atoms in total. The number of rotatable bonds is 5. The number of hydrogen-bond acceptors (Lipinski definition) is 2. The van der Waals surface area contributed by atoms with Gasteiger partial charge in [-0.1, -0.05) is 24.6 Å². The summed E-state index contributed by atoms with van der Waals surface area (Å²) in [4.78, 5) is 1.14. The van der Waals surface area contributed by atoms with Crippen LogP contribution >= 0.6 is 38.9 Å². The first-order chi connectivity index (χ1) is 9.11. The summed E-state index contributed by atoms with van der Waals surface area (Å²) in [6.07, 6.45) is 1.04. The highest BCUT2D eigenvalue weighted by atomic mass is 79.9. The molecule has 0 saturated carbocycles. The van der Waals surface area contributed by atoms with Crippen molar-refractivity contribution in [3.05, 3.63) is 55.4 Å². The van der Waals surface area contributed by atoms with Crippen LogP contribution in [0.5, 0.6) is 0 Å². The maximum Gasteiger partial charge on any atom is 0.137 e. The monoisotopic (exact) mass is 361 g/mol. The normalized spacial score (nSPS) is 12.6. The van der Waals surface area contributed by atoms with E-state index in [1.165, 1.54) is 6.07 Å². The van der Waals surface area contributed by atoms with E-state index in [0.29, 0.717) is 4.47 Å². The van der Waals surface area contributed by atoms with Crippen molar-refractivity contribution in [3.63, 3.8) is 0 Å². The van der Waals surface area contributed by atoms with Crippen molar-refractivity contribution in [1.29, 1.82) is 0 Å². The van der Waals surface area contributed by atoms with Gasteiger partial charge < -0.3 is 5.32 Å². The number of benzene rings is 1. The Morgan fingerprint density at radius 1 is 1.37 bits per heavy atom. The highest BCUT2D eigenvalue weighted by Gasteiger charge is 2.16. The standard InChI is InChI=1S/C14H14BrClFNS/c1-2-7-18-14(12-5-6-13(16)19-12)9-3-4-11(17)10(15)8-9/h3-6,8,14,18H,2,7H2,1H3. The van der Waals surface area contributed by atoms with Crippen LogP contribution in [-0.2, 0) is 0 Å². The fourth-order valence-corrected chi connectivity index (χ4v) is 3.41. The van der Waals surface area contributed by atoms with Gasteiger partial charge in [0.25, 0.3) is 0 Å². The number of hydrogen-bond donors (Lipinski definition) is 1. The van der Waals surface area contributed by atoms with Crippen LogP contribution in [0.25, 0.3) is 0 Å². The molecule has 1 unspecified atom stereocenters. The first-order valence-electron chi connectivity index (χ1n) is 6.05. The van der Waals surface area contributed by atoms with Crippen LogP contribution in [0.1, 0.15) is 29.8 Å². The predicted molar refractivity (Wildman–Crippen MR) is 83.6 cm³/mol. The Labute approximate surface area is 129 Å². The molecule has 1 atom stereocenters. The average molecular weight is 363 g/mol. The lowest BCUT2D eigenvalue weighted by atomic mass is 10.1. The molecule has 102 valence electrons. The Morgan fingerprint density at radius 3 is 2.74 bits per heavy atom. The maximum atomic E-state index is 13.3. The van der Waals surface area contributed by atoms with E-state index in [4.69, 9.17) is 11.6 Å². The lowest BCUT2D eigenvalue weighted by Gasteiger charge is -2.18. The molecule has 1 aromatic heterocycles. The van der Waals surface area contributed by atoms with Crippen LogP contribution in [0, 0.1) is 5.82 Å². The van der Waals surface area contributed by atoms with Crippen molar-refractivity contribution < 1.29 is 4.39 Å². The van der Waals surface area contributed by atoms with Crippen molar-refractivity contribution >= 4 is 38.9 Å². The molecule has 0 bridgehead atoms. The molecule has 1 aromatic carbocycles. The van der Waals surface area contributed by atoms with E-state index in [-0.39, 0.29) is 11.9 Å². The Bertz CT molecular complexity index is 558. The minimum Gasteiger partial charge on any atom is -0.306 e. The summed E-state index contributed by atoms with van der Waals surface area (Å²) in [6.45, 7) is 3.02.